The Bertz CT molecular complexity index is 1030. The number of alkyl halides is 3. The maximum absolute atomic E-state index is 12.5. The fourth-order valence-electron chi connectivity index (χ4n) is 2.93. The van der Waals surface area contributed by atoms with E-state index in [-0.39, 0.29) is 6.54 Å². The van der Waals surface area contributed by atoms with Gasteiger partial charge in [0.1, 0.15) is 0 Å². The zero-order chi connectivity index (χ0) is 21.0. The minimum absolute atomic E-state index is 0.196. The van der Waals surface area contributed by atoms with Gasteiger partial charge in [-0.3, -0.25) is 10.2 Å². The van der Waals surface area contributed by atoms with Crippen LogP contribution in [0.25, 0.3) is 10.9 Å². The molecule has 0 saturated heterocycles. The summed E-state index contributed by atoms with van der Waals surface area (Å²) in [6.07, 6.45) is -2.36. The molecule has 29 heavy (non-hydrogen) atoms. The molecule has 0 spiro atoms. The summed E-state index contributed by atoms with van der Waals surface area (Å²) in [4.78, 5) is 24.2. The number of urea groups is 1. The number of fused-ring (bicyclic) bond motifs is 1. The number of benzene rings is 2. The average molecular weight is 404 g/mol. The molecule has 3 rings (SSSR count). The highest BCUT2D eigenvalue weighted by molar-refractivity contribution is 6.07. The van der Waals surface area contributed by atoms with Crippen molar-refractivity contribution in [2.24, 2.45) is 7.05 Å². The number of nitrogens with one attached hydrogen (secondary N) is 3. The number of halogens is 3. The normalized spacial score (nSPS) is 11.3. The lowest BCUT2D eigenvalue weighted by atomic mass is 10.1. The number of hydrogen-bond acceptors (Lipinski definition) is 2. The molecule has 0 aliphatic carbocycles. The summed E-state index contributed by atoms with van der Waals surface area (Å²) in [7, 11) is 1.82. The first-order chi connectivity index (χ1) is 13.8. The third kappa shape index (κ3) is 4.87. The average Bonchev–Trinajstić information content (AvgIpc) is 3.03. The molecule has 1 heterocycles. The molecule has 0 atom stereocenters. The molecule has 3 amide bonds. The van der Waals surface area contributed by atoms with Crippen LogP contribution < -0.4 is 16.2 Å². The first-order valence-corrected chi connectivity index (χ1v) is 8.80. The number of nitrogens with zero attached hydrogens (tertiary/aromatic N) is 1. The minimum atomic E-state index is -4.38. The maximum Gasteiger partial charge on any atom is 0.416 e. The molecule has 0 saturated carbocycles. The molecule has 3 N–H and O–H groups in total. The number of amides is 3. The second-order valence-corrected chi connectivity index (χ2v) is 6.45. The van der Waals surface area contributed by atoms with Gasteiger partial charge in [0, 0.05) is 30.7 Å². The summed E-state index contributed by atoms with van der Waals surface area (Å²) in [6.45, 7) is 0.196. The molecule has 1 aromatic heterocycles. The van der Waals surface area contributed by atoms with Gasteiger partial charge in [-0.1, -0.05) is 30.3 Å². The molecule has 9 heteroatoms. The molecule has 0 fully saturated rings. The molecule has 2 aromatic carbocycles. The Kier molecular flexibility index (Phi) is 5.76. The van der Waals surface area contributed by atoms with Crippen molar-refractivity contribution in [3.63, 3.8) is 0 Å². The lowest BCUT2D eigenvalue weighted by Gasteiger charge is -2.10. The summed E-state index contributed by atoms with van der Waals surface area (Å²) < 4.78 is 39.4. The van der Waals surface area contributed by atoms with Crippen molar-refractivity contribution < 1.29 is 22.8 Å². The smallest absolute Gasteiger partial charge is 0.350 e. The van der Waals surface area contributed by atoms with Crippen LogP contribution in [-0.4, -0.2) is 23.1 Å². The van der Waals surface area contributed by atoms with Crippen molar-refractivity contribution in [2.75, 3.05) is 6.54 Å². The number of hydrogen-bond donors (Lipinski definition) is 3. The Hall–Kier alpha value is -3.49. The Labute approximate surface area is 164 Å². The van der Waals surface area contributed by atoms with Crippen LogP contribution in [-0.2, 0) is 19.6 Å². The van der Waals surface area contributed by atoms with Gasteiger partial charge >= 0.3 is 12.2 Å². The molecule has 0 aliphatic rings. The Morgan fingerprint density at radius 2 is 1.69 bits per heavy atom. The van der Waals surface area contributed by atoms with E-state index >= 15 is 0 Å². The lowest BCUT2D eigenvalue weighted by Crippen LogP contribution is -2.47. The van der Waals surface area contributed by atoms with Gasteiger partial charge in [0.2, 0.25) is 0 Å². The monoisotopic (exact) mass is 404 g/mol. The Balaban J connectivity index is 1.47. The number of aryl methyl sites for hydroxylation is 1. The van der Waals surface area contributed by atoms with Crippen molar-refractivity contribution in [1.29, 1.82) is 0 Å². The van der Waals surface area contributed by atoms with E-state index in [0.717, 1.165) is 23.0 Å². The topological polar surface area (TPSA) is 75.2 Å². The fraction of sp³-hybridized carbons (Fsp3) is 0.200. The fourth-order valence-corrected chi connectivity index (χ4v) is 2.93. The number of para-hydroxylation sites is 1. The predicted octanol–water partition coefficient (Wildman–Crippen LogP) is 3.38. The number of rotatable bonds is 4. The van der Waals surface area contributed by atoms with Crippen molar-refractivity contribution in [1.82, 2.24) is 20.7 Å². The molecule has 0 radical (unpaired) electrons. The van der Waals surface area contributed by atoms with Crippen molar-refractivity contribution >= 4 is 22.8 Å². The standard InChI is InChI=1S/C20H19F3N4O2/c1-27-12-16(15-4-2-3-5-17(15)27)18(28)25-26-19(29)24-11-10-13-6-8-14(9-7-13)20(21,22)23/h2-9,12H,10-11H2,1H3,(H,25,28)(H2,24,26,29). The molecule has 0 aliphatic heterocycles. The zero-order valence-electron chi connectivity index (χ0n) is 15.5. The van der Waals surface area contributed by atoms with Crippen LogP contribution in [0.2, 0.25) is 0 Å². The van der Waals surface area contributed by atoms with Crippen LogP contribution in [0.15, 0.2) is 54.7 Å². The van der Waals surface area contributed by atoms with Crippen molar-refractivity contribution in [2.45, 2.75) is 12.6 Å². The van der Waals surface area contributed by atoms with Crippen LogP contribution >= 0.6 is 0 Å². The summed E-state index contributed by atoms with van der Waals surface area (Å²) in [5, 5.41) is 3.29. The van der Waals surface area contributed by atoms with Crippen LogP contribution in [0.4, 0.5) is 18.0 Å². The van der Waals surface area contributed by atoms with Crippen LogP contribution in [0.3, 0.4) is 0 Å². The predicted molar refractivity (Wildman–Crippen MR) is 102 cm³/mol. The maximum atomic E-state index is 12.5. The molecule has 3 aromatic rings. The van der Waals surface area contributed by atoms with Crippen LogP contribution in [0, 0.1) is 0 Å². The summed E-state index contributed by atoms with van der Waals surface area (Å²) >= 11 is 0. The second kappa shape index (κ2) is 8.26. The van der Waals surface area contributed by atoms with Crippen LogP contribution in [0.1, 0.15) is 21.5 Å². The van der Waals surface area contributed by atoms with E-state index in [1.165, 1.54) is 12.1 Å². The number of carbonyl (C=O) groups excluding carboxylic acids is 2. The van der Waals surface area contributed by atoms with Gasteiger partial charge in [0.25, 0.3) is 5.91 Å². The third-order valence-electron chi connectivity index (χ3n) is 4.41. The van der Waals surface area contributed by atoms with Gasteiger partial charge in [0.15, 0.2) is 0 Å². The Morgan fingerprint density at radius 1 is 1.00 bits per heavy atom. The van der Waals surface area contributed by atoms with Gasteiger partial charge < -0.3 is 9.88 Å². The molecular weight excluding hydrogens is 385 g/mol. The van der Waals surface area contributed by atoms with E-state index in [4.69, 9.17) is 0 Å². The molecule has 0 unspecified atom stereocenters. The first kappa shape index (κ1) is 20.2. The van der Waals surface area contributed by atoms with Crippen molar-refractivity contribution in [3.8, 4) is 0 Å². The molecule has 6 nitrogen and oxygen atoms in total. The number of carbonyl (C=O) groups is 2. The van der Waals surface area contributed by atoms with E-state index in [1.807, 2.05) is 35.9 Å². The Morgan fingerprint density at radius 3 is 2.38 bits per heavy atom. The quantitative estimate of drug-likeness (QED) is 0.583. The van der Waals surface area contributed by atoms with Gasteiger partial charge in [-0.05, 0) is 30.2 Å². The summed E-state index contributed by atoms with van der Waals surface area (Å²) in [5.74, 6) is -0.459. The van der Waals surface area contributed by atoms with Gasteiger partial charge in [-0.25, -0.2) is 10.2 Å². The SMILES string of the molecule is Cn1cc(C(=O)NNC(=O)NCCc2ccc(C(F)(F)F)cc2)c2ccccc21. The van der Waals surface area contributed by atoms with E-state index in [0.29, 0.717) is 17.5 Å². The summed E-state index contributed by atoms with van der Waals surface area (Å²) in [5.41, 5.74) is 5.84. The largest absolute Gasteiger partial charge is 0.416 e. The molecular formula is C20H19F3N4O2. The van der Waals surface area contributed by atoms with E-state index < -0.39 is 23.7 Å². The number of hydrazine groups is 1. The zero-order valence-corrected chi connectivity index (χ0v) is 15.5. The lowest BCUT2D eigenvalue weighted by molar-refractivity contribution is -0.137. The van der Waals surface area contributed by atoms with Gasteiger partial charge in [-0.2, -0.15) is 13.2 Å². The van der Waals surface area contributed by atoms with Gasteiger partial charge in [0.05, 0.1) is 11.1 Å². The number of aromatic nitrogens is 1. The van der Waals surface area contributed by atoms with E-state index in [1.54, 1.807) is 6.20 Å². The van der Waals surface area contributed by atoms with Crippen molar-refractivity contribution in [3.05, 3.63) is 71.4 Å². The molecule has 152 valence electrons. The first-order valence-electron chi connectivity index (χ1n) is 8.80. The van der Waals surface area contributed by atoms with Gasteiger partial charge in [-0.15, -0.1) is 0 Å². The highest BCUT2D eigenvalue weighted by Crippen LogP contribution is 2.29. The summed E-state index contributed by atoms with van der Waals surface area (Å²) in [6, 6.07) is 11.5. The van der Waals surface area contributed by atoms with E-state index in [2.05, 4.69) is 16.2 Å². The highest BCUT2D eigenvalue weighted by Gasteiger charge is 2.29. The molecule has 0 bridgehead atoms. The minimum Gasteiger partial charge on any atom is -0.350 e. The second-order valence-electron chi connectivity index (χ2n) is 6.45. The van der Waals surface area contributed by atoms with E-state index in [9.17, 15) is 22.8 Å². The van der Waals surface area contributed by atoms with Crippen LogP contribution in [0.5, 0.6) is 0 Å². The third-order valence-corrected chi connectivity index (χ3v) is 4.41. The highest BCUT2D eigenvalue weighted by atomic mass is 19.4.